The minimum absolute atomic E-state index is 0.163. The number of methoxy groups -OCH3 is 3. The van der Waals surface area contributed by atoms with Crippen molar-refractivity contribution in [1.29, 1.82) is 0 Å². The Labute approximate surface area is 233 Å². The third kappa shape index (κ3) is 3.68. The Morgan fingerprint density at radius 2 is 1.24 bits per heavy atom. The Hall–Kier alpha value is -3.24. The minimum Gasteiger partial charge on any atom is -0.497 e. The molecule has 4 aromatic rings. The number of hydrogen-bond donors (Lipinski definition) is 0. The molecule has 2 aliphatic carbocycles. The van der Waals surface area contributed by atoms with Crippen LogP contribution < -0.4 is 14.2 Å². The second-order valence-electron chi connectivity index (χ2n) is 10.7. The van der Waals surface area contributed by atoms with Crippen LogP contribution in [0.1, 0.15) is 73.7 Å². The fourth-order valence-electron chi connectivity index (χ4n) is 7.14. The van der Waals surface area contributed by atoms with Crippen molar-refractivity contribution in [3.8, 4) is 17.2 Å². The van der Waals surface area contributed by atoms with Crippen LogP contribution in [0, 0.1) is 20.8 Å². The molecule has 38 heavy (non-hydrogen) atoms. The van der Waals surface area contributed by atoms with Gasteiger partial charge in [-0.05, 0) is 82.2 Å². The van der Waals surface area contributed by atoms with E-state index in [0.717, 1.165) is 21.7 Å². The molecule has 0 radical (unpaired) electrons. The van der Waals surface area contributed by atoms with Gasteiger partial charge >= 0.3 is 0 Å². The van der Waals surface area contributed by atoms with Gasteiger partial charge in [-0.15, -0.1) is 0 Å². The lowest BCUT2D eigenvalue weighted by Gasteiger charge is -2.41. The highest BCUT2D eigenvalue weighted by Gasteiger charge is 2.54. The molecule has 0 spiro atoms. The highest BCUT2D eigenvalue weighted by atomic mass is 79.9. The SMILES string of the molecule is COc1ccc([C@@H]2C3c4cc(C)cc(C)c4[C@H](c4ccc(C)cc4)[C@@H]2c2c(Br)c(OC)cc(OC)c23)cc1. The molecule has 0 heterocycles. The van der Waals surface area contributed by atoms with Crippen LogP contribution in [0.2, 0.25) is 0 Å². The average Bonchev–Trinajstić information content (AvgIpc) is 3.21. The molecule has 0 aliphatic heterocycles. The summed E-state index contributed by atoms with van der Waals surface area (Å²) in [6.45, 7) is 6.64. The van der Waals surface area contributed by atoms with Crippen molar-refractivity contribution in [2.24, 2.45) is 0 Å². The van der Waals surface area contributed by atoms with E-state index < -0.39 is 0 Å². The fourth-order valence-corrected chi connectivity index (χ4v) is 7.90. The van der Waals surface area contributed by atoms with Gasteiger partial charge in [0.15, 0.2) is 0 Å². The Balaban J connectivity index is 1.74. The first kappa shape index (κ1) is 25.1. The molecule has 0 amide bonds. The summed E-state index contributed by atoms with van der Waals surface area (Å²) in [6, 6.07) is 24.6. The molecule has 0 aromatic heterocycles. The van der Waals surface area contributed by atoms with E-state index in [-0.39, 0.29) is 23.7 Å². The number of hydrogen-bond acceptors (Lipinski definition) is 3. The molecule has 4 aromatic carbocycles. The zero-order valence-electron chi connectivity index (χ0n) is 22.8. The zero-order chi connectivity index (χ0) is 26.7. The Morgan fingerprint density at radius 1 is 0.579 bits per heavy atom. The summed E-state index contributed by atoms with van der Waals surface area (Å²) in [7, 11) is 5.22. The third-order valence-electron chi connectivity index (χ3n) is 8.61. The number of rotatable bonds is 5. The first-order chi connectivity index (χ1) is 18.4. The van der Waals surface area contributed by atoms with Crippen molar-refractivity contribution >= 4 is 15.9 Å². The van der Waals surface area contributed by atoms with Gasteiger partial charge in [0.25, 0.3) is 0 Å². The van der Waals surface area contributed by atoms with Gasteiger partial charge in [-0.25, -0.2) is 0 Å². The van der Waals surface area contributed by atoms with Crippen molar-refractivity contribution < 1.29 is 14.2 Å². The van der Waals surface area contributed by atoms with E-state index in [9.17, 15) is 0 Å². The molecule has 3 nitrogen and oxygen atoms in total. The van der Waals surface area contributed by atoms with Gasteiger partial charge in [-0.2, -0.15) is 0 Å². The van der Waals surface area contributed by atoms with E-state index >= 15 is 0 Å². The van der Waals surface area contributed by atoms with Crippen LogP contribution >= 0.6 is 15.9 Å². The molecule has 194 valence electrons. The quantitative estimate of drug-likeness (QED) is 0.241. The lowest BCUT2D eigenvalue weighted by atomic mass is 9.62. The molecular formula is C34H33BrO3. The van der Waals surface area contributed by atoms with Gasteiger partial charge < -0.3 is 14.2 Å². The molecule has 0 N–H and O–H groups in total. The van der Waals surface area contributed by atoms with Gasteiger partial charge in [0.2, 0.25) is 0 Å². The van der Waals surface area contributed by atoms with Crippen LogP contribution in [0.3, 0.4) is 0 Å². The minimum atomic E-state index is 0.163. The van der Waals surface area contributed by atoms with E-state index in [1.807, 2.05) is 6.07 Å². The summed E-state index contributed by atoms with van der Waals surface area (Å²) in [5.41, 5.74) is 12.0. The lowest BCUT2D eigenvalue weighted by Crippen LogP contribution is -2.27. The average molecular weight is 570 g/mol. The standard InChI is InChI=1S/C34H33BrO3/c1-18-7-9-21(10-8-18)28-27-20(3)15-19(2)16-24(27)30-29(22-11-13-23(36-4)14-12-22)32(28)33-31(30)25(37-5)17-26(38-6)34(33)35/h7-17,28-30,32H,1-6H3/t28-,29+,30?,32-/m0/s1. The molecule has 2 bridgehead atoms. The van der Waals surface area contributed by atoms with Crippen molar-refractivity contribution in [3.05, 3.63) is 121 Å². The van der Waals surface area contributed by atoms with Gasteiger partial charge in [0, 0.05) is 35.3 Å². The van der Waals surface area contributed by atoms with Crippen LogP contribution in [0.25, 0.3) is 0 Å². The van der Waals surface area contributed by atoms with E-state index in [2.05, 4.69) is 97.4 Å². The second kappa shape index (κ2) is 9.50. The maximum atomic E-state index is 6.09. The van der Waals surface area contributed by atoms with Gasteiger partial charge in [0.1, 0.15) is 17.2 Å². The predicted molar refractivity (Wildman–Crippen MR) is 157 cm³/mol. The molecule has 1 unspecified atom stereocenters. The predicted octanol–water partition coefficient (Wildman–Crippen LogP) is 8.56. The monoisotopic (exact) mass is 568 g/mol. The van der Waals surface area contributed by atoms with E-state index in [1.165, 1.54) is 50.1 Å². The number of ether oxygens (including phenoxy) is 3. The molecule has 6 rings (SSSR count). The fraction of sp³-hybridized carbons (Fsp3) is 0.294. The summed E-state index contributed by atoms with van der Waals surface area (Å²) >= 11 is 4.00. The van der Waals surface area contributed by atoms with E-state index in [0.29, 0.717) is 0 Å². The van der Waals surface area contributed by atoms with E-state index in [1.54, 1.807) is 21.3 Å². The largest absolute Gasteiger partial charge is 0.497 e. The van der Waals surface area contributed by atoms with Gasteiger partial charge in [0.05, 0.1) is 25.8 Å². The smallest absolute Gasteiger partial charge is 0.137 e. The van der Waals surface area contributed by atoms with Crippen molar-refractivity contribution in [1.82, 2.24) is 0 Å². The molecule has 0 saturated heterocycles. The van der Waals surface area contributed by atoms with Crippen molar-refractivity contribution in [2.75, 3.05) is 21.3 Å². The van der Waals surface area contributed by atoms with Gasteiger partial charge in [-0.1, -0.05) is 59.7 Å². The van der Waals surface area contributed by atoms with Crippen LogP contribution in [0.5, 0.6) is 17.2 Å². The summed E-state index contributed by atoms with van der Waals surface area (Å²) in [5.74, 6) is 3.34. The zero-order valence-corrected chi connectivity index (χ0v) is 24.3. The first-order valence-corrected chi connectivity index (χ1v) is 13.9. The molecular weight excluding hydrogens is 536 g/mol. The lowest BCUT2D eigenvalue weighted by molar-refractivity contribution is 0.388. The van der Waals surface area contributed by atoms with Crippen molar-refractivity contribution in [3.63, 3.8) is 0 Å². The summed E-state index contributed by atoms with van der Waals surface area (Å²) < 4.78 is 18.5. The van der Waals surface area contributed by atoms with Crippen LogP contribution in [-0.4, -0.2) is 21.3 Å². The topological polar surface area (TPSA) is 27.7 Å². The Bertz CT molecular complexity index is 1520. The Morgan fingerprint density at radius 3 is 1.87 bits per heavy atom. The molecule has 4 atom stereocenters. The summed E-state index contributed by atoms with van der Waals surface area (Å²) in [4.78, 5) is 0. The normalized spacial score (nSPS) is 21.0. The van der Waals surface area contributed by atoms with E-state index in [4.69, 9.17) is 14.2 Å². The maximum Gasteiger partial charge on any atom is 0.137 e. The molecule has 0 fully saturated rings. The number of fused-ring (bicyclic) bond motifs is 7. The number of halogens is 1. The highest BCUT2D eigenvalue weighted by Crippen LogP contribution is 2.69. The third-order valence-corrected chi connectivity index (χ3v) is 9.42. The summed E-state index contributed by atoms with van der Waals surface area (Å²) in [6.07, 6.45) is 0. The highest BCUT2D eigenvalue weighted by molar-refractivity contribution is 9.10. The molecule has 2 aliphatic rings. The maximum absolute atomic E-state index is 6.09. The van der Waals surface area contributed by atoms with Crippen LogP contribution in [0.4, 0.5) is 0 Å². The van der Waals surface area contributed by atoms with Crippen LogP contribution in [-0.2, 0) is 0 Å². The van der Waals surface area contributed by atoms with Crippen molar-refractivity contribution in [2.45, 2.75) is 44.4 Å². The van der Waals surface area contributed by atoms with Gasteiger partial charge in [-0.3, -0.25) is 0 Å². The molecule has 4 heteroatoms. The molecule has 0 saturated carbocycles. The Kier molecular flexibility index (Phi) is 6.26. The van der Waals surface area contributed by atoms with Crippen LogP contribution in [0.15, 0.2) is 71.2 Å². The summed E-state index contributed by atoms with van der Waals surface area (Å²) in [5, 5.41) is 0. The number of aryl methyl sites for hydroxylation is 3. The number of benzene rings is 4. The first-order valence-electron chi connectivity index (χ1n) is 13.1. The second-order valence-corrected chi connectivity index (χ2v) is 11.5.